The zero-order chi connectivity index (χ0) is 21.4. The molecule has 0 aliphatic carbocycles. The van der Waals surface area contributed by atoms with Gasteiger partial charge in [-0.05, 0) is 29.8 Å². The summed E-state index contributed by atoms with van der Waals surface area (Å²) in [5, 5.41) is 11.1. The van der Waals surface area contributed by atoms with E-state index in [1.807, 2.05) is 0 Å². The summed E-state index contributed by atoms with van der Waals surface area (Å²) in [6.07, 6.45) is -4.85. The van der Waals surface area contributed by atoms with Gasteiger partial charge in [0.1, 0.15) is 5.75 Å². The highest BCUT2D eigenvalue weighted by Gasteiger charge is 2.29. The summed E-state index contributed by atoms with van der Waals surface area (Å²) >= 11 is 0. The Bertz CT molecular complexity index is 878. The lowest BCUT2D eigenvalue weighted by atomic mass is 10.1. The average Bonchev–Trinajstić information content (AvgIpc) is 2.68. The molecule has 2 aromatic rings. The lowest BCUT2D eigenvalue weighted by Gasteiger charge is -2.10. The second-order valence-corrected chi connectivity index (χ2v) is 6.10. The van der Waals surface area contributed by atoms with Gasteiger partial charge in [-0.1, -0.05) is 24.3 Å². The highest BCUT2D eigenvalue weighted by molar-refractivity contribution is 5.97. The summed E-state index contributed by atoms with van der Waals surface area (Å²) in [6, 6.07) is 10.4. The zero-order valence-corrected chi connectivity index (χ0v) is 15.2. The minimum absolute atomic E-state index is 0.0358. The first kappa shape index (κ1) is 21.9. The average molecular weight is 409 g/mol. The molecule has 0 heterocycles. The van der Waals surface area contributed by atoms with Gasteiger partial charge in [0, 0.05) is 18.5 Å². The molecule has 0 atom stereocenters. The molecule has 0 bridgehead atoms. The molecule has 0 aliphatic heterocycles. The Hall–Kier alpha value is -3.36. The number of rotatable bonds is 9. The van der Waals surface area contributed by atoms with Crippen molar-refractivity contribution in [3.8, 4) is 5.75 Å². The number of hydrogen-bond donors (Lipinski definition) is 2. The molecule has 2 N–H and O–H groups in total. The topological polar surface area (TPSA) is 92.7 Å². The third-order valence-corrected chi connectivity index (χ3v) is 3.86. The molecule has 9 heteroatoms. The molecule has 0 aromatic heterocycles. The monoisotopic (exact) mass is 409 g/mol. The Labute approximate surface area is 164 Å². The zero-order valence-electron chi connectivity index (χ0n) is 15.2. The molecule has 0 saturated carbocycles. The standard InChI is InChI=1S/C20H18F3NO5/c21-20(22,23)15-6-4-13(5-7-15)11-24-18(26)12-29-16-3-1-2-14(10-16)17(25)8-9-19(27)28/h1-7,10H,8-9,11-12H2,(H,24,26)(H,27,28). The van der Waals surface area contributed by atoms with E-state index in [2.05, 4.69) is 5.32 Å². The van der Waals surface area contributed by atoms with Crippen LogP contribution in [0.5, 0.6) is 5.75 Å². The number of ketones is 1. The summed E-state index contributed by atoms with van der Waals surface area (Å²) in [7, 11) is 0. The van der Waals surface area contributed by atoms with E-state index < -0.39 is 23.6 Å². The summed E-state index contributed by atoms with van der Waals surface area (Å²) < 4.78 is 42.9. The van der Waals surface area contributed by atoms with Gasteiger partial charge in [0.25, 0.3) is 5.91 Å². The van der Waals surface area contributed by atoms with Crippen LogP contribution in [-0.4, -0.2) is 29.4 Å². The van der Waals surface area contributed by atoms with Crippen LogP contribution >= 0.6 is 0 Å². The van der Waals surface area contributed by atoms with Crippen molar-refractivity contribution in [2.24, 2.45) is 0 Å². The molecule has 0 radical (unpaired) electrons. The number of alkyl halides is 3. The predicted molar refractivity (Wildman–Crippen MR) is 96.4 cm³/mol. The summed E-state index contributed by atoms with van der Waals surface area (Å²) in [6.45, 7) is -0.318. The van der Waals surface area contributed by atoms with E-state index in [-0.39, 0.29) is 43.1 Å². The molecular weight excluding hydrogens is 391 g/mol. The van der Waals surface area contributed by atoms with Crippen molar-refractivity contribution in [1.29, 1.82) is 0 Å². The Balaban J connectivity index is 1.82. The first-order chi connectivity index (χ1) is 13.6. The number of carboxylic acids is 1. The fraction of sp³-hybridized carbons (Fsp3) is 0.250. The molecule has 0 aliphatic rings. The highest BCUT2D eigenvalue weighted by atomic mass is 19.4. The smallest absolute Gasteiger partial charge is 0.416 e. The molecule has 2 rings (SSSR count). The van der Waals surface area contributed by atoms with E-state index in [1.54, 1.807) is 6.07 Å². The minimum atomic E-state index is -4.42. The van der Waals surface area contributed by atoms with Gasteiger partial charge < -0.3 is 15.2 Å². The maximum Gasteiger partial charge on any atom is 0.416 e. The molecule has 154 valence electrons. The number of hydrogen-bond acceptors (Lipinski definition) is 4. The van der Waals surface area contributed by atoms with E-state index in [1.165, 1.54) is 30.3 Å². The predicted octanol–water partition coefficient (Wildman–Crippen LogP) is 3.45. The molecule has 0 fully saturated rings. The van der Waals surface area contributed by atoms with Crippen LogP contribution in [0, 0.1) is 0 Å². The number of benzene rings is 2. The van der Waals surface area contributed by atoms with Crippen molar-refractivity contribution in [1.82, 2.24) is 5.32 Å². The van der Waals surface area contributed by atoms with Gasteiger partial charge in [-0.3, -0.25) is 14.4 Å². The number of amides is 1. The van der Waals surface area contributed by atoms with Crippen LogP contribution in [0.15, 0.2) is 48.5 Å². The molecule has 0 spiro atoms. The second kappa shape index (κ2) is 9.72. The van der Waals surface area contributed by atoms with Crippen LogP contribution in [0.4, 0.5) is 13.2 Å². The Morgan fingerprint density at radius 2 is 1.69 bits per heavy atom. The second-order valence-electron chi connectivity index (χ2n) is 6.10. The van der Waals surface area contributed by atoms with E-state index in [0.29, 0.717) is 5.56 Å². The normalized spacial score (nSPS) is 11.0. The number of carbonyl (C=O) groups excluding carboxylic acids is 2. The lowest BCUT2D eigenvalue weighted by Crippen LogP contribution is -2.28. The molecule has 29 heavy (non-hydrogen) atoms. The molecule has 0 unspecified atom stereocenters. The fourth-order valence-corrected chi connectivity index (χ4v) is 2.34. The van der Waals surface area contributed by atoms with Gasteiger partial charge in [0.05, 0.1) is 12.0 Å². The number of ether oxygens (including phenoxy) is 1. The maximum atomic E-state index is 12.5. The van der Waals surface area contributed by atoms with Crippen molar-refractivity contribution in [2.75, 3.05) is 6.61 Å². The molecule has 1 amide bonds. The van der Waals surface area contributed by atoms with Crippen molar-refractivity contribution < 1.29 is 37.4 Å². The Morgan fingerprint density at radius 3 is 2.31 bits per heavy atom. The van der Waals surface area contributed by atoms with Gasteiger partial charge in [0.15, 0.2) is 12.4 Å². The van der Waals surface area contributed by atoms with Crippen molar-refractivity contribution in [3.05, 3.63) is 65.2 Å². The van der Waals surface area contributed by atoms with Crippen LogP contribution in [0.1, 0.15) is 34.3 Å². The van der Waals surface area contributed by atoms with Gasteiger partial charge in [-0.25, -0.2) is 0 Å². The third kappa shape index (κ3) is 7.28. The van der Waals surface area contributed by atoms with Crippen molar-refractivity contribution in [2.45, 2.75) is 25.6 Å². The molecule has 0 saturated heterocycles. The van der Waals surface area contributed by atoms with Crippen molar-refractivity contribution >= 4 is 17.7 Å². The van der Waals surface area contributed by atoms with E-state index in [4.69, 9.17) is 9.84 Å². The number of aliphatic carboxylic acids is 1. The number of carboxylic acid groups (broad SMARTS) is 1. The largest absolute Gasteiger partial charge is 0.484 e. The van der Waals surface area contributed by atoms with E-state index in [9.17, 15) is 27.6 Å². The van der Waals surface area contributed by atoms with E-state index >= 15 is 0 Å². The Morgan fingerprint density at radius 1 is 1.00 bits per heavy atom. The summed E-state index contributed by atoms with van der Waals surface area (Å²) in [5.41, 5.74) is -0.0000179. The number of halogens is 3. The quantitative estimate of drug-likeness (QED) is 0.619. The lowest BCUT2D eigenvalue weighted by molar-refractivity contribution is -0.138. The van der Waals surface area contributed by atoms with Crippen LogP contribution in [0.25, 0.3) is 0 Å². The summed E-state index contributed by atoms with van der Waals surface area (Å²) in [4.78, 5) is 34.3. The number of nitrogens with one attached hydrogen (secondary N) is 1. The summed E-state index contributed by atoms with van der Waals surface area (Å²) in [5.74, 6) is -1.66. The number of Topliss-reactive ketones (excluding diaryl/α,β-unsaturated/α-hetero) is 1. The fourth-order valence-electron chi connectivity index (χ4n) is 2.34. The van der Waals surface area contributed by atoms with Crippen LogP contribution < -0.4 is 10.1 Å². The van der Waals surface area contributed by atoms with E-state index in [0.717, 1.165) is 12.1 Å². The minimum Gasteiger partial charge on any atom is -0.484 e. The molecule has 6 nitrogen and oxygen atoms in total. The number of carbonyl (C=O) groups is 3. The first-order valence-electron chi connectivity index (χ1n) is 8.56. The van der Waals surface area contributed by atoms with Gasteiger partial charge in [-0.2, -0.15) is 13.2 Å². The first-order valence-corrected chi connectivity index (χ1v) is 8.56. The molecular formula is C20H18F3NO5. The van der Waals surface area contributed by atoms with Crippen LogP contribution in [0.3, 0.4) is 0 Å². The van der Waals surface area contributed by atoms with Gasteiger partial charge >= 0.3 is 12.1 Å². The maximum absolute atomic E-state index is 12.5. The third-order valence-electron chi connectivity index (χ3n) is 3.86. The van der Waals surface area contributed by atoms with Crippen molar-refractivity contribution in [3.63, 3.8) is 0 Å². The van der Waals surface area contributed by atoms with Crippen LogP contribution in [-0.2, 0) is 22.3 Å². The highest BCUT2D eigenvalue weighted by Crippen LogP contribution is 2.29. The SMILES string of the molecule is O=C(O)CCC(=O)c1cccc(OCC(=O)NCc2ccc(C(F)(F)F)cc2)c1. The molecule has 2 aromatic carbocycles. The van der Waals surface area contributed by atoms with Gasteiger partial charge in [0.2, 0.25) is 0 Å². The Kier molecular flexibility index (Phi) is 7.35. The van der Waals surface area contributed by atoms with Gasteiger partial charge in [-0.15, -0.1) is 0 Å². The van der Waals surface area contributed by atoms with Crippen LogP contribution in [0.2, 0.25) is 0 Å².